The minimum Gasteiger partial charge on any atom is -0.379 e. The summed E-state index contributed by atoms with van der Waals surface area (Å²) in [6.07, 6.45) is 2.78. The largest absolute Gasteiger partial charge is 0.379 e. The molecule has 0 atom stereocenters. The molecule has 0 saturated carbocycles. The quantitative estimate of drug-likeness (QED) is 0.767. The average molecular weight is 233 g/mol. The van der Waals surface area contributed by atoms with Crippen molar-refractivity contribution in [2.45, 2.75) is 26.4 Å². The van der Waals surface area contributed by atoms with Crippen LogP contribution in [0, 0.1) is 0 Å². The Morgan fingerprint density at radius 3 is 3.12 bits per heavy atom. The van der Waals surface area contributed by atoms with Crippen molar-refractivity contribution in [1.29, 1.82) is 0 Å². The van der Waals surface area contributed by atoms with E-state index in [4.69, 9.17) is 4.74 Å². The van der Waals surface area contributed by atoms with Gasteiger partial charge in [0.2, 0.25) is 0 Å². The second-order valence-electron chi connectivity index (χ2n) is 4.01. The van der Waals surface area contributed by atoms with Crippen molar-refractivity contribution in [2.75, 3.05) is 13.2 Å². The monoisotopic (exact) mass is 233 g/mol. The molecule has 90 valence electrons. The van der Waals surface area contributed by atoms with Crippen LogP contribution in [0.3, 0.4) is 0 Å². The molecule has 1 aliphatic heterocycles. The fourth-order valence-corrected chi connectivity index (χ4v) is 2.02. The fraction of sp³-hybridized carbons (Fsp3) is 0.545. The second kappa shape index (κ2) is 4.29. The van der Waals surface area contributed by atoms with Crippen molar-refractivity contribution in [3.8, 4) is 11.5 Å². The molecule has 0 bridgehead atoms. The van der Waals surface area contributed by atoms with Gasteiger partial charge in [-0.1, -0.05) is 0 Å². The van der Waals surface area contributed by atoms with Crippen LogP contribution in [-0.4, -0.2) is 37.8 Å². The average Bonchev–Trinajstić information content (AvgIpc) is 2.90. The highest BCUT2D eigenvalue weighted by Gasteiger charge is 2.17. The summed E-state index contributed by atoms with van der Waals surface area (Å²) in [5.41, 5.74) is 0.882. The minimum absolute atomic E-state index is 0.715. The molecule has 0 N–H and O–H groups in total. The van der Waals surface area contributed by atoms with Crippen LogP contribution in [0.4, 0.5) is 0 Å². The molecular formula is C11H15N5O. The van der Waals surface area contributed by atoms with Gasteiger partial charge in [-0.3, -0.25) is 4.68 Å². The Morgan fingerprint density at radius 1 is 1.35 bits per heavy atom. The van der Waals surface area contributed by atoms with Crippen LogP contribution >= 0.6 is 0 Å². The predicted molar refractivity (Wildman–Crippen MR) is 61.4 cm³/mol. The Kier molecular flexibility index (Phi) is 2.64. The van der Waals surface area contributed by atoms with Crippen LogP contribution in [0.15, 0.2) is 12.3 Å². The summed E-state index contributed by atoms with van der Waals surface area (Å²) in [6, 6.07) is 1.98. The zero-order valence-corrected chi connectivity index (χ0v) is 9.83. The summed E-state index contributed by atoms with van der Waals surface area (Å²) < 4.78 is 9.44. The summed E-state index contributed by atoms with van der Waals surface area (Å²) in [5.74, 6) is 1.83. The predicted octanol–water partition coefficient (Wildman–Crippen LogP) is 0.734. The molecule has 6 heteroatoms. The summed E-state index contributed by atoms with van der Waals surface area (Å²) in [7, 11) is 0. The Bertz CT molecular complexity index is 516. The standard InChI is InChI=1S/C11H15N5O/c1-2-15-5-3-9(14-15)11-13-12-10-4-7-17-8-6-16(10)11/h3,5H,2,4,6-8H2,1H3. The van der Waals surface area contributed by atoms with Gasteiger partial charge < -0.3 is 9.30 Å². The first-order chi connectivity index (χ1) is 8.38. The number of ether oxygens (including phenoxy) is 1. The van der Waals surface area contributed by atoms with E-state index in [-0.39, 0.29) is 0 Å². The maximum absolute atomic E-state index is 5.44. The van der Waals surface area contributed by atoms with Crippen LogP contribution in [0.1, 0.15) is 12.7 Å². The van der Waals surface area contributed by atoms with Gasteiger partial charge in [-0.25, -0.2) is 0 Å². The zero-order chi connectivity index (χ0) is 11.7. The van der Waals surface area contributed by atoms with Gasteiger partial charge in [0.1, 0.15) is 11.5 Å². The number of hydrogen-bond donors (Lipinski definition) is 0. The zero-order valence-electron chi connectivity index (χ0n) is 9.83. The molecule has 0 radical (unpaired) electrons. The van der Waals surface area contributed by atoms with Gasteiger partial charge in [-0.05, 0) is 13.0 Å². The third-order valence-corrected chi connectivity index (χ3v) is 2.95. The molecule has 0 fully saturated rings. The molecule has 3 heterocycles. The highest BCUT2D eigenvalue weighted by molar-refractivity contribution is 5.48. The number of aromatic nitrogens is 5. The lowest BCUT2D eigenvalue weighted by molar-refractivity contribution is 0.140. The first-order valence-corrected chi connectivity index (χ1v) is 5.92. The van der Waals surface area contributed by atoms with E-state index < -0.39 is 0 Å². The number of nitrogens with zero attached hydrogens (tertiary/aromatic N) is 5. The molecule has 0 aromatic carbocycles. The molecule has 0 aliphatic carbocycles. The van der Waals surface area contributed by atoms with Crippen molar-refractivity contribution in [3.05, 3.63) is 18.1 Å². The molecule has 2 aromatic heterocycles. The highest BCUT2D eigenvalue weighted by atomic mass is 16.5. The van der Waals surface area contributed by atoms with Gasteiger partial charge in [-0.2, -0.15) is 5.10 Å². The molecule has 0 saturated heterocycles. The van der Waals surface area contributed by atoms with Crippen LogP contribution in [0.2, 0.25) is 0 Å². The SMILES string of the molecule is CCn1ccc(-c2nnc3n2CCOCC3)n1. The van der Waals surface area contributed by atoms with E-state index in [1.54, 1.807) is 0 Å². The summed E-state index contributed by atoms with van der Waals surface area (Å²) in [4.78, 5) is 0. The van der Waals surface area contributed by atoms with Gasteiger partial charge in [0.15, 0.2) is 5.82 Å². The Labute approximate surface area is 99.2 Å². The van der Waals surface area contributed by atoms with E-state index in [2.05, 4.69) is 26.8 Å². The van der Waals surface area contributed by atoms with E-state index in [0.29, 0.717) is 6.61 Å². The molecular weight excluding hydrogens is 218 g/mol. The third kappa shape index (κ3) is 1.84. The fourth-order valence-electron chi connectivity index (χ4n) is 2.02. The molecule has 0 amide bonds. The van der Waals surface area contributed by atoms with E-state index in [9.17, 15) is 0 Å². The van der Waals surface area contributed by atoms with Crippen molar-refractivity contribution in [2.24, 2.45) is 0 Å². The van der Waals surface area contributed by atoms with Crippen molar-refractivity contribution >= 4 is 0 Å². The molecule has 6 nitrogen and oxygen atoms in total. The second-order valence-corrected chi connectivity index (χ2v) is 4.01. The molecule has 2 aromatic rings. The van der Waals surface area contributed by atoms with Gasteiger partial charge in [0, 0.05) is 25.7 Å². The smallest absolute Gasteiger partial charge is 0.184 e. The van der Waals surface area contributed by atoms with Crippen molar-refractivity contribution in [3.63, 3.8) is 0 Å². The van der Waals surface area contributed by atoms with Gasteiger partial charge >= 0.3 is 0 Å². The number of hydrogen-bond acceptors (Lipinski definition) is 4. The molecule has 3 rings (SSSR count). The first kappa shape index (κ1) is 10.5. The maximum atomic E-state index is 5.44. The lowest BCUT2D eigenvalue weighted by Crippen LogP contribution is -2.06. The molecule has 17 heavy (non-hydrogen) atoms. The highest BCUT2D eigenvalue weighted by Crippen LogP contribution is 2.17. The normalized spacial score (nSPS) is 15.6. The van der Waals surface area contributed by atoms with E-state index in [0.717, 1.165) is 43.5 Å². The first-order valence-electron chi connectivity index (χ1n) is 5.92. The van der Waals surface area contributed by atoms with Crippen molar-refractivity contribution < 1.29 is 4.74 Å². The van der Waals surface area contributed by atoms with Gasteiger partial charge in [0.05, 0.1) is 13.2 Å². The summed E-state index contributed by atoms with van der Waals surface area (Å²) in [6.45, 7) is 5.17. The third-order valence-electron chi connectivity index (χ3n) is 2.95. The lowest BCUT2D eigenvalue weighted by atomic mass is 10.4. The van der Waals surface area contributed by atoms with Crippen LogP contribution in [0.5, 0.6) is 0 Å². The van der Waals surface area contributed by atoms with Crippen molar-refractivity contribution in [1.82, 2.24) is 24.5 Å². The number of rotatable bonds is 2. The Balaban J connectivity index is 2.00. The summed E-state index contributed by atoms with van der Waals surface area (Å²) >= 11 is 0. The summed E-state index contributed by atoms with van der Waals surface area (Å²) in [5, 5.41) is 12.9. The Morgan fingerprint density at radius 2 is 2.29 bits per heavy atom. The lowest BCUT2D eigenvalue weighted by Gasteiger charge is -2.03. The Hall–Kier alpha value is -1.69. The minimum atomic E-state index is 0.715. The van der Waals surface area contributed by atoms with E-state index >= 15 is 0 Å². The van der Waals surface area contributed by atoms with Gasteiger partial charge in [0.25, 0.3) is 0 Å². The molecule has 0 spiro atoms. The van der Waals surface area contributed by atoms with Crippen LogP contribution in [-0.2, 0) is 24.2 Å². The number of aryl methyl sites for hydroxylation is 1. The van der Waals surface area contributed by atoms with Gasteiger partial charge in [-0.15, -0.1) is 10.2 Å². The van der Waals surface area contributed by atoms with E-state index in [1.807, 2.05) is 16.9 Å². The van der Waals surface area contributed by atoms with Crippen LogP contribution in [0.25, 0.3) is 11.5 Å². The van der Waals surface area contributed by atoms with E-state index in [1.165, 1.54) is 0 Å². The molecule has 0 unspecified atom stereocenters. The maximum Gasteiger partial charge on any atom is 0.184 e. The van der Waals surface area contributed by atoms with Crippen LogP contribution < -0.4 is 0 Å². The topological polar surface area (TPSA) is 57.8 Å². The number of fused-ring (bicyclic) bond motifs is 1. The molecule has 1 aliphatic rings.